The van der Waals surface area contributed by atoms with Crippen LogP contribution in [0.15, 0.2) is 6.07 Å². The van der Waals surface area contributed by atoms with Gasteiger partial charge in [0.1, 0.15) is 4.88 Å². The van der Waals surface area contributed by atoms with E-state index in [4.69, 9.17) is 5.73 Å². The summed E-state index contributed by atoms with van der Waals surface area (Å²) in [6, 6.07) is 2.00. The fourth-order valence-electron chi connectivity index (χ4n) is 2.83. The van der Waals surface area contributed by atoms with E-state index >= 15 is 0 Å². The summed E-state index contributed by atoms with van der Waals surface area (Å²) in [7, 11) is 0. The van der Waals surface area contributed by atoms with Crippen LogP contribution < -0.4 is 11.1 Å². The molecule has 0 aromatic carbocycles. The van der Waals surface area contributed by atoms with Crippen molar-refractivity contribution in [1.29, 1.82) is 0 Å². The van der Waals surface area contributed by atoms with Crippen LogP contribution in [0.4, 0.5) is 5.69 Å². The molecule has 5 nitrogen and oxygen atoms in total. The van der Waals surface area contributed by atoms with Crippen LogP contribution >= 0.6 is 11.3 Å². The highest BCUT2D eigenvalue weighted by atomic mass is 32.1. The van der Waals surface area contributed by atoms with Crippen molar-refractivity contribution in [3.8, 4) is 0 Å². The van der Waals surface area contributed by atoms with Gasteiger partial charge in [0.2, 0.25) is 0 Å². The van der Waals surface area contributed by atoms with Gasteiger partial charge in [-0.1, -0.05) is 0 Å². The Hall–Kier alpha value is -1.66. The number of carbonyl (C=O) groups is 1. The minimum atomic E-state index is 0.0504. The van der Waals surface area contributed by atoms with Crippen LogP contribution in [0.5, 0.6) is 0 Å². The molecule has 2 aromatic heterocycles. The van der Waals surface area contributed by atoms with Crippen molar-refractivity contribution in [3.05, 3.63) is 22.3 Å². The molecule has 6 heteroatoms. The van der Waals surface area contributed by atoms with Gasteiger partial charge in [0, 0.05) is 41.1 Å². The number of nitrogens with two attached hydrogens (primary N) is 1. The fourth-order valence-corrected chi connectivity index (χ4v) is 4.07. The lowest BCUT2D eigenvalue weighted by molar-refractivity contribution is 0.0772. The number of carbonyl (C=O) groups excluding carboxylic acids is 1. The number of hydrogen-bond donors (Lipinski definition) is 2. The molecule has 0 radical (unpaired) electrons. The Balaban J connectivity index is 2.01. The summed E-state index contributed by atoms with van der Waals surface area (Å²) in [6.45, 7) is 7.25. The summed E-state index contributed by atoms with van der Waals surface area (Å²) in [4.78, 5) is 19.8. The van der Waals surface area contributed by atoms with E-state index in [1.807, 2.05) is 24.8 Å². The summed E-state index contributed by atoms with van der Waals surface area (Å²) >= 11 is 1.48. The first kappa shape index (κ1) is 14.3. The van der Waals surface area contributed by atoms with Gasteiger partial charge in [-0.2, -0.15) is 0 Å². The van der Waals surface area contributed by atoms with Crippen molar-refractivity contribution in [2.24, 2.45) is 0 Å². The van der Waals surface area contributed by atoms with Crippen molar-refractivity contribution in [2.75, 3.05) is 31.9 Å². The van der Waals surface area contributed by atoms with E-state index in [1.54, 1.807) is 0 Å². The largest absolute Gasteiger partial charge is 0.397 e. The zero-order chi connectivity index (χ0) is 15.0. The quantitative estimate of drug-likeness (QED) is 0.844. The number of nitrogen functional groups attached to an aromatic ring is 1. The van der Waals surface area contributed by atoms with Crippen LogP contribution in [0.1, 0.15) is 27.5 Å². The standard InChI is InChI=1S/C15H20N4OS/c1-9-8-11-12(10(2)18-9)13(16)14(21-11)15(20)19-6-3-4-17-5-7-19/h8,17H,3-7,16H2,1-2H3. The van der Waals surface area contributed by atoms with Crippen molar-refractivity contribution in [3.63, 3.8) is 0 Å². The minimum Gasteiger partial charge on any atom is -0.397 e. The number of nitrogens with one attached hydrogen (secondary N) is 1. The van der Waals surface area contributed by atoms with E-state index in [2.05, 4.69) is 10.3 Å². The second-order valence-electron chi connectivity index (χ2n) is 5.46. The number of thiophene rings is 1. The molecule has 3 rings (SSSR count). The number of aryl methyl sites for hydroxylation is 2. The summed E-state index contributed by atoms with van der Waals surface area (Å²) in [5.74, 6) is 0.0504. The molecule has 1 fully saturated rings. The predicted molar refractivity (Wildman–Crippen MR) is 86.9 cm³/mol. The van der Waals surface area contributed by atoms with Gasteiger partial charge >= 0.3 is 0 Å². The second kappa shape index (κ2) is 5.61. The molecule has 112 valence electrons. The number of aromatic nitrogens is 1. The van der Waals surface area contributed by atoms with Crippen LogP contribution in [0.3, 0.4) is 0 Å². The molecule has 0 spiro atoms. The van der Waals surface area contributed by atoms with E-state index in [0.29, 0.717) is 10.6 Å². The number of amides is 1. The maximum absolute atomic E-state index is 12.7. The van der Waals surface area contributed by atoms with Gasteiger partial charge in [0.15, 0.2) is 0 Å². The lowest BCUT2D eigenvalue weighted by Crippen LogP contribution is -2.34. The molecule has 0 unspecified atom stereocenters. The molecule has 0 atom stereocenters. The number of pyridine rings is 1. The third-order valence-electron chi connectivity index (χ3n) is 3.84. The number of fused-ring (bicyclic) bond motifs is 1. The van der Waals surface area contributed by atoms with E-state index in [-0.39, 0.29) is 5.91 Å². The van der Waals surface area contributed by atoms with Crippen molar-refractivity contribution >= 4 is 33.0 Å². The number of hydrogen-bond acceptors (Lipinski definition) is 5. The Morgan fingerprint density at radius 1 is 1.38 bits per heavy atom. The summed E-state index contributed by atoms with van der Waals surface area (Å²) in [6.07, 6.45) is 0.982. The number of anilines is 1. The predicted octanol–water partition coefficient (Wildman–Crippen LogP) is 1.93. The fraction of sp³-hybridized carbons (Fsp3) is 0.467. The molecule has 0 aliphatic carbocycles. The third-order valence-corrected chi connectivity index (χ3v) is 4.98. The molecule has 1 amide bonds. The lowest BCUT2D eigenvalue weighted by Gasteiger charge is -2.19. The first-order valence-electron chi connectivity index (χ1n) is 7.24. The van der Waals surface area contributed by atoms with E-state index in [0.717, 1.165) is 54.1 Å². The topological polar surface area (TPSA) is 71.2 Å². The van der Waals surface area contributed by atoms with Crippen molar-refractivity contribution in [2.45, 2.75) is 20.3 Å². The highest BCUT2D eigenvalue weighted by Crippen LogP contribution is 2.36. The van der Waals surface area contributed by atoms with Crippen LogP contribution in [0.2, 0.25) is 0 Å². The van der Waals surface area contributed by atoms with Crippen LogP contribution in [-0.4, -0.2) is 42.0 Å². The third kappa shape index (κ3) is 2.61. The van der Waals surface area contributed by atoms with E-state index < -0.39 is 0 Å². The number of rotatable bonds is 1. The summed E-state index contributed by atoms with van der Waals surface area (Å²) in [5, 5.41) is 4.24. The Labute approximate surface area is 128 Å². The molecule has 0 bridgehead atoms. The van der Waals surface area contributed by atoms with Gasteiger partial charge in [0.05, 0.1) is 5.69 Å². The van der Waals surface area contributed by atoms with Crippen molar-refractivity contribution in [1.82, 2.24) is 15.2 Å². The smallest absolute Gasteiger partial charge is 0.266 e. The minimum absolute atomic E-state index is 0.0504. The Morgan fingerprint density at radius 3 is 3.00 bits per heavy atom. The van der Waals surface area contributed by atoms with Crippen LogP contribution in [0.25, 0.3) is 10.1 Å². The van der Waals surface area contributed by atoms with E-state index in [9.17, 15) is 4.79 Å². The molecular weight excluding hydrogens is 284 g/mol. The number of nitrogens with zero attached hydrogens (tertiary/aromatic N) is 2. The lowest BCUT2D eigenvalue weighted by atomic mass is 10.2. The Kier molecular flexibility index (Phi) is 3.82. The van der Waals surface area contributed by atoms with Crippen molar-refractivity contribution < 1.29 is 4.79 Å². The summed E-state index contributed by atoms with van der Waals surface area (Å²) in [5.41, 5.74) is 8.69. The highest BCUT2D eigenvalue weighted by molar-refractivity contribution is 7.21. The molecule has 21 heavy (non-hydrogen) atoms. The Bertz CT molecular complexity index is 687. The average molecular weight is 304 g/mol. The summed E-state index contributed by atoms with van der Waals surface area (Å²) < 4.78 is 1.05. The molecule has 2 aromatic rings. The molecule has 3 heterocycles. The van der Waals surface area contributed by atoms with Gasteiger partial charge in [-0.05, 0) is 32.9 Å². The molecule has 3 N–H and O–H groups in total. The van der Waals surface area contributed by atoms with Crippen LogP contribution in [0, 0.1) is 13.8 Å². The van der Waals surface area contributed by atoms with E-state index in [1.165, 1.54) is 11.3 Å². The first-order valence-corrected chi connectivity index (χ1v) is 8.06. The molecule has 1 saturated heterocycles. The van der Waals surface area contributed by atoms with Gasteiger partial charge in [-0.15, -0.1) is 11.3 Å². The zero-order valence-electron chi connectivity index (χ0n) is 12.4. The zero-order valence-corrected chi connectivity index (χ0v) is 13.2. The SMILES string of the molecule is Cc1cc2sc(C(=O)N3CCCNCC3)c(N)c2c(C)n1. The highest BCUT2D eigenvalue weighted by Gasteiger charge is 2.23. The maximum atomic E-state index is 12.7. The Morgan fingerprint density at radius 2 is 2.19 bits per heavy atom. The monoisotopic (exact) mass is 304 g/mol. The second-order valence-corrected chi connectivity index (χ2v) is 6.51. The molecule has 0 saturated carbocycles. The van der Waals surface area contributed by atoms with Gasteiger partial charge in [-0.25, -0.2) is 0 Å². The van der Waals surface area contributed by atoms with Gasteiger partial charge < -0.3 is 16.0 Å². The maximum Gasteiger partial charge on any atom is 0.266 e. The molecule has 1 aliphatic rings. The van der Waals surface area contributed by atoms with Crippen LogP contribution in [-0.2, 0) is 0 Å². The first-order chi connectivity index (χ1) is 10.1. The van der Waals surface area contributed by atoms with Gasteiger partial charge in [-0.3, -0.25) is 9.78 Å². The molecule has 1 aliphatic heterocycles. The average Bonchev–Trinajstić information content (AvgIpc) is 2.64. The molecular formula is C15H20N4OS. The normalized spacial score (nSPS) is 16.2. The van der Waals surface area contributed by atoms with Gasteiger partial charge in [0.25, 0.3) is 5.91 Å².